The monoisotopic (exact) mass is 287 g/mol. The summed E-state index contributed by atoms with van der Waals surface area (Å²) in [5, 5.41) is 7.93. The molecule has 112 valence electrons. The minimum absolute atomic E-state index is 0.166. The Bertz CT molecular complexity index is 628. The van der Waals surface area contributed by atoms with Gasteiger partial charge in [-0.3, -0.25) is 4.79 Å². The summed E-state index contributed by atoms with van der Waals surface area (Å²) in [6.45, 7) is 3.21. The molecule has 1 aromatic heterocycles. The normalized spacial score (nSPS) is 12.1. The van der Waals surface area contributed by atoms with Crippen molar-refractivity contribution in [2.24, 2.45) is 5.92 Å². The van der Waals surface area contributed by atoms with Gasteiger partial charge in [-0.2, -0.15) is 0 Å². The van der Waals surface area contributed by atoms with E-state index in [0.29, 0.717) is 24.7 Å². The summed E-state index contributed by atoms with van der Waals surface area (Å²) in [6.07, 6.45) is 0. The summed E-state index contributed by atoms with van der Waals surface area (Å²) in [7, 11) is 3.46. The number of nitrogens with one attached hydrogen (secondary N) is 2. The highest BCUT2D eigenvalue weighted by molar-refractivity contribution is 6.00. The fourth-order valence-electron chi connectivity index (χ4n) is 2.21. The van der Waals surface area contributed by atoms with Crippen molar-refractivity contribution in [2.45, 2.75) is 6.92 Å². The van der Waals surface area contributed by atoms with Crippen LogP contribution in [0.25, 0.3) is 10.8 Å². The maximum Gasteiger partial charge on any atom is 0.270 e. The molecule has 21 heavy (non-hydrogen) atoms. The minimum Gasteiger partial charge on any atom is -0.384 e. The molecule has 1 unspecified atom stereocenters. The van der Waals surface area contributed by atoms with Crippen molar-refractivity contribution in [3.05, 3.63) is 36.0 Å². The Morgan fingerprint density at radius 3 is 2.86 bits per heavy atom. The lowest BCUT2D eigenvalue weighted by Crippen LogP contribution is -2.30. The van der Waals surface area contributed by atoms with Crippen LogP contribution in [0.4, 0.5) is 5.82 Å². The fourth-order valence-corrected chi connectivity index (χ4v) is 2.21. The standard InChI is InChI=1S/C16H21N3O2/c1-11(10-21-3)9-18-16(20)14-8-12-6-4-5-7-13(12)15(17-2)19-14/h4-8,11H,9-10H2,1-3H3,(H,17,19)(H,18,20). The van der Waals surface area contributed by atoms with E-state index in [1.807, 2.05) is 37.3 Å². The summed E-state index contributed by atoms with van der Waals surface area (Å²) in [5.41, 5.74) is 0.419. The van der Waals surface area contributed by atoms with Crippen LogP contribution in [0.2, 0.25) is 0 Å². The zero-order valence-electron chi connectivity index (χ0n) is 12.6. The van der Waals surface area contributed by atoms with Gasteiger partial charge in [-0.25, -0.2) is 4.98 Å². The maximum absolute atomic E-state index is 12.2. The van der Waals surface area contributed by atoms with E-state index in [1.54, 1.807) is 14.2 Å². The van der Waals surface area contributed by atoms with Gasteiger partial charge in [0, 0.05) is 26.1 Å². The Hall–Kier alpha value is -2.14. The minimum atomic E-state index is -0.166. The largest absolute Gasteiger partial charge is 0.384 e. The van der Waals surface area contributed by atoms with Crippen LogP contribution in [0.1, 0.15) is 17.4 Å². The number of anilines is 1. The predicted molar refractivity (Wildman–Crippen MR) is 84.7 cm³/mol. The predicted octanol–water partition coefficient (Wildman–Crippen LogP) is 2.29. The molecule has 0 fully saturated rings. The smallest absolute Gasteiger partial charge is 0.270 e. The lowest BCUT2D eigenvalue weighted by molar-refractivity contribution is 0.0929. The number of amides is 1. The molecule has 0 aliphatic heterocycles. The van der Waals surface area contributed by atoms with Gasteiger partial charge in [0.05, 0.1) is 6.61 Å². The van der Waals surface area contributed by atoms with E-state index >= 15 is 0 Å². The van der Waals surface area contributed by atoms with E-state index in [4.69, 9.17) is 4.74 Å². The Morgan fingerprint density at radius 2 is 2.14 bits per heavy atom. The number of benzene rings is 1. The first-order valence-corrected chi connectivity index (χ1v) is 7.00. The van der Waals surface area contributed by atoms with E-state index in [0.717, 1.165) is 10.8 Å². The lowest BCUT2D eigenvalue weighted by Gasteiger charge is -2.12. The number of carbonyl (C=O) groups excluding carboxylic acids is 1. The maximum atomic E-state index is 12.2. The van der Waals surface area contributed by atoms with E-state index in [9.17, 15) is 4.79 Å². The SMILES string of the molecule is CNc1nc(C(=O)NCC(C)COC)cc2ccccc12. The molecule has 1 atom stereocenters. The van der Waals surface area contributed by atoms with E-state index in [2.05, 4.69) is 15.6 Å². The molecule has 0 saturated carbocycles. The van der Waals surface area contributed by atoms with Crippen LogP contribution in [-0.2, 0) is 4.74 Å². The first-order chi connectivity index (χ1) is 10.2. The molecule has 0 aliphatic rings. The van der Waals surface area contributed by atoms with E-state index < -0.39 is 0 Å². The van der Waals surface area contributed by atoms with E-state index in [1.165, 1.54) is 0 Å². The summed E-state index contributed by atoms with van der Waals surface area (Å²) in [5.74, 6) is 0.812. The second-order valence-corrected chi connectivity index (χ2v) is 5.10. The van der Waals surface area contributed by atoms with Crippen molar-refractivity contribution in [2.75, 3.05) is 32.6 Å². The number of hydrogen-bond acceptors (Lipinski definition) is 4. The van der Waals surface area contributed by atoms with Gasteiger partial charge in [0.25, 0.3) is 5.91 Å². The number of fused-ring (bicyclic) bond motifs is 1. The Labute approximate surface area is 124 Å². The number of aromatic nitrogens is 1. The summed E-state index contributed by atoms with van der Waals surface area (Å²) < 4.78 is 5.06. The molecule has 0 bridgehead atoms. The van der Waals surface area contributed by atoms with Crippen molar-refractivity contribution in [1.29, 1.82) is 0 Å². The molecule has 0 aliphatic carbocycles. The van der Waals surface area contributed by atoms with Crippen LogP contribution in [0.15, 0.2) is 30.3 Å². The van der Waals surface area contributed by atoms with Crippen molar-refractivity contribution in [3.63, 3.8) is 0 Å². The third-order valence-electron chi connectivity index (χ3n) is 3.27. The van der Waals surface area contributed by atoms with Crippen molar-refractivity contribution < 1.29 is 9.53 Å². The number of nitrogens with zero attached hydrogens (tertiary/aromatic N) is 1. The molecular formula is C16H21N3O2. The third kappa shape index (κ3) is 3.70. The van der Waals surface area contributed by atoms with Gasteiger partial charge in [0.15, 0.2) is 0 Å². The van der Waals surface area contributed by atoms with Gasteiger partial charge in [-0.05, 0) is 17.4 Å². The van der Waals surface area contributed by atoms with Gasteiger partial charge < -0.3 is 15.4 Å². The summed E-state index contributed by atoms with van der Waals surface area (Å²) >= 11 is 0. The van der Waals surface area contributed by atoms with Gasteiger partial charge in [-0.15, -0.1) is 0 Å². The molecule has 0 spiro atoms. The van der Waals surface area contributed by atoms with Crippen LogP contribution in [0.3, 0.4) is 0 Å². The molecule has 5 nitrogen and oxygen atoms in total. The van der Waals surface area contributed by atoms with E-state index in [-0.39, 0.29) is 11.8 Å². The average Bonchev–Trinajstić information content (AvgIpc) is 2.51. The molecule has 2 N–H and O–H groups in total. The Kier molecular flexibility index (Phi) is 5.11. The zero-order chi connectivity index (χ0) is 15.2. The first kappa shape index (κ1) is 15.3. The topological polar surface area (TPSA) is 63.2 Å². The molecule has 2 rings (SSSR count). The van der Waals surface area contributed by atoms with Gasteiger partial charge in [0.2, 0.25) is 0 Å². The van der Waals surface area contributed by atoms with Crippen LogP contribution < -0.4 is 10.6 Å². The molecule has 1 aromatic carbocycles. The number of methoxy groups -OCH3 is 1. The molecule has 2 aromatic rings. The van der Waals surface area contributed by atoms with Gasteiger partial charge in [0.1, 0.15) is 11.5 Å². The zero-order valence-corrected chi connectivity index (χ0v) is 12.6. The number of hydrogen-bond donors (Lipinski definition) is 2. The van der Waals surface area contributed by atoms with Crippen LogP contribution in [0, 0.1) is 5.92 Å². The van der Waals surface area contributed by atoms with Crippen molar-refractivity contribution in [3.8, 4) is 0 Å². The number of ether oxygens (including phenoxy) is 1. The quantitative estimate of drug-likeness (QED) is 0.855. The van der Waals surface area contributed by atoms with Gasteiger partial charge in [-0.1, -0.05) is 31.2 Å². The molecular weight excluding hydrogens is 266 g/mol. The first-order valence-electron chi connectivity index (χ1n) is 7.00. The third-order valence-corrected chi connectivity index (χ3v) is 3.27. The Balaban J connectivity index is 2.19. The summed E-state index contributed by atoms with van der Waals surface area (Å²) in [6, 6.07) is 9.67. The highest BCUT2D eigenvalue weighted by atomic mass is 16.5. The molecule has 5 heteroatoms. The number of pyridine rings is 1. The van der Waals surface area contributed by atoms with Crippen LogP contribution in [-0.4, -0.2) is 38.2 Å². The van der Waals surface area contributed by atoms with Crippen molar-refractivity contribution in [1.82, 2.24) is 10.3 Å². The molecule has 1 heterocycles. The van der Waals surface area contributed by atoms with Gasteiger partial charge >= 0.3 is 0 Å². The van der Waals surface area contributed by atoms with Crippen LogP contribution in [0.5, 0.6) is 0 Å². The highest BCUT2D eigenvalue weighted by Crippen LogP contribution is 2.22. The second kappa shape index (κ2) is 7.04. The van der Waals surface area contributed by atoms with Crippen LogP contribution >= 0.6 is 0 Å². The Morgan fingerprint density at radius 1 is 1.38 bits per heavy atom. The second-order valence-electron chi connectivity index (χ2n) is 5.10. The summed E-state index contributed by atoms with van der Waals surface area (Å²) in [4.78, 5) is 16.6. The number of carbonyl (C=O) groups is 1. The lowest BCUT2D eigenvalue weighted by atomic mass is 10.1. The number of rotatable bonds is 6. The van der Waals surface area contributed by atoms with Crippen molar-refractivity contribution >= 4 is 22.5 Å². The molecule has 0 saturated heterocycles. The molecule has 1 amide bonds. The average molecular weight is 287 g/mol. The molecule has 0 radical (unpaired) electrons. The fraction of sp³-hybridized carbons (Fsp3) is 0.375. The highest BCUT2D eigenvalue weighted by Gasteiger charge is 2.12.